The van der Waals surface area contributed by atoms with Crippen LogP contribution in [0.15, 0.2) is 34.5 Å². The molecule has 0 aliphatic heterocycles. The number of thiazole rings is 1. The molecule has 2 aromatic rings. The highest BCUT2D eigenvalue weighted by Crippen LogP contribution is 2.29. The molecule has 1 aromatic carbocycles. The van der Waals surface area contributed by atoms with Crippen LogP contribution in [0.25, 0.3) is 0 Å². The molecule has 0 saturated carbocycles. The van der Waals surface area contributed by atoms with Crippen LogP contribution in [0.2, 0.25) is 0 Å². The third kappa shape index (κ3) is 4.42. The van der Waals surface area contributed by atoms with Gasteiger partial charge in [-0.15, -0.1) is 24.5 Å². The highest BCUT2D eigenvalue weighted by molar-refractivity contribution is 7.89. The highest BCUT2D eigenvalue weighted by atomic mass is 32.2. The highest BCUT2D eigenvalue weighted by Gasteiger charge is 2.33. The molecule has 0 aliphatic rings. The standard InChI is InChI=1S/C12H11F3N2O3S2/c1-8-17-9(7-21-8)6-16-22(18,19)11-5-3-2-4-10(11)20-12(13,14)15/h2-5,7,16H,6H2,1H3. The molecular formula is C12H11F3N2O3S2. The van der Waals surface area contributed by atoms with E-state index in [-0.39, 0.29) is 6.54 Å². The number of nitrogens with one attached hydrogen (secondary N) is 1. The van der Waals surface area contributed by atoms with Crippen molar-refractivity contribution in [2.45, 2.75) is 24.7 Å². The predicted octanol–water partition coefficient (Wildman–Crippen LogP) is 2.83. The molecule has 0 amide bonds. The Morgan fingerprint density at radius 3 is 2.59 bits per heavy atom. The first-order valence-electron chi connectivity index (χ1n) is 5.93. The topological polar surface area (TPSA) is 68.3 Å². The summed E-state index contributed by atoms with van der Waals surface area (Å²) in [5, 5.41) is 2.42. The van der Waals surface area contributed by atoms with Gasteiger partial charge in [0.15, 0.2) is 0 Å². The number of hydrogen-bond acceptors (Lipinski definition) is 5. The van der Waals surface area contributed by atoms with Gasteiger partial charge in [0, 0.05) is 5.38 Å². The monoisotopic (exact) mass is 352 g/mol. The summed E-state index contributed by atoms with van der Waals surface area (Å²) in [7, 11) is -4.16. The molecule has 1 N–H and O–H groups in total. The lowest BCUT2D eigenvalue weighted by Gasteiger charge is -2.13. The fraction of sp³-hybridized carbons (Fsp3) is 0.250. The van der Waals surface area contributed by atoms with E-state index in [1.54, 1.807) is 12.3 Å². The molecule has 0 bridgehead atoms. The Morgan fingerprint density at radius 2 is 2.00 bits per heavy atom. The predicted molar refractivity (Wildman–Crippen MR) is 74.0 cm³/mol. The van der Waals surface area contributed by atoms with E-state index in [1.165, 1.54) is 23.5 Å². The number of benzene rings is 1. The lowest BCUT2D eigenvalue weighted by atomic mass is 10.3. The summed E-state index contributed by atoms with van der Waals surface area (Å²) in [6.45, 7) is 1.64. The lowest BCUT2D eigenvalue weighted by molar-refractivity contribution is -0.275. The first-order chi connectivity index (χ1) is 10.2. The van der Waals surface area contributed by atoms with Crippen molar-refractivity contribution in [3.8, 4) is 5.75 Å². The van der Waals surface area contributed by atoms with Crippen molar-refractivity contribution in [1.29, 1.82) is 0 Å². The summed E-state index contributed by atoms with van der Waals surface area (Å²) in [4.78, 5) is 3.49. The summed E-state index contributed by atoms with van der Waals surface area (Å²) in [5.74, 6) is -0.781. The summed E-state index contributed by atoms with van der Waals surface area (Å²) in [6.07, 6.45) is -4.97. The zero-order chi connectivity index (χ0) is 16.4. The number of alkyl halides is 3. The maximum absolute atomic E-state index is 12.3. The normalized spacial score (nSPS) is 12.4. The molecule has 22 heavy (non-hydrogen) atoms. The second-order valence-electron chi connectivity index (χ2n) is 4.18. The number of ether oxygens (including phenoxy) is 1. The average molecular weight is 352 g/mol. The Morgan fingerprint density at radius 1 is 1.32 bits per heavy atom. The summed E-state index contributed by atoms with van der Waals surface area (Å²) < 4.78 is 67.2. The molecule has 0 spiro atoms. The molecule has 0 aliphatic carbocycles. The molecular weight excluding hydrogens is 341 g/mol. The maximum Gasteiger partial charge on any atom is 0.573 e. The van der Waals surface area contributed by atoms with Gasteiger partial charge >= 0.3 is 6.36 Å². The van der Waals surface area contributed by atoms with E-state index >= 15 is 0 Å². The van der Waals surface area contributed by atoms with E-state index in [0.29, 0.717) is 5.69 Å². The Bertz CT molecular complexity index is 757. The van der Waals surface area contributed by atoms with E-state index in [1.807, 2.05) is 0 Å². The van der Waals surface area contributed by atoms with Crippen LogP contribution in [-0.2, 0) is 16.6 Å². The van der Waals surface area contributed by atoms with Gasteiger partial charge in [-0.2, -0.15) is 0 Å². The van der Waals surface area contributed by atoms with Crippen molar-refractivity contribution in [2.24, 2.45) is 0 Å². The number of halogens is 3. The van der Waals surface area contributed by atoms with Gasteiger partial charge in [0.05, 0.1) is 17.2 Å². The van der Waals surface area contributed by atoms with E-state index in [0.717, 1.165) is 17.1 Å². The van der Waals surface area contributed by atoms with Gasteiger partial charge in [-0.3, -0.25) is 0 Å². The van der Waals surface area contributed by atoms with E-state index in [2.05, 4.69) is 14.4 Å². The zero-order valence-electron chi connectivity index (χ0n) is 11.2. The largest absolute Gasteiger partial charge is 0.573 e. The van der Waals surface area contributed by atoms with Crippen LogP contribution in [0.4, 0.5) is 13.2 Å². The molecule has 10 heteroatoms. The van der Waals surface area contributed by atoms with Crippen LogP contribution < -0.4 is 9.46 Å². The van der Waals surface area contributed by atoms with Crippen molar-refractivity contribution in [1.82, 2.24) is 9.71 Å². The molecule has 1 heterocycles. The SMILES string of the molecule is Cc1nc(CNS(=O)(=O)c2ccccc2OC(F)(F)F)cs1. The zero-order valence-corrected chi connectivity index (χ0v) is 12.8. The van der Waals surface area contributed by atoms with Gasteiger partial charge in [0.1, 0.15) is 10.6 Å². The minimum Gasteiger partial charge on any atom is -0.404 e. The van der Waals surface area contributed by atoms with E-state index in [4.69, 9.17) is 0 Å². The van der Waals surface area contributed by atoms with Crippen LogP contribution in [0, 0.1) is 6.92 Å². The lowest BCUT2D eigenvalue weighted by Crippen LogP contribution is -2.25. The average Bonchev–Trinajstić information content (AvgIpc) is 2.81. The Hall–Kier alpha value is -1.65. The molecule has 0 saturated heterocycles. The first-order valence-corrected chi connectivity index (χ1v) is 8.29. The number of hydrogen-bond donors (Lipinski definition) is 1. The molecule has 5 nitrogen and oxygen atoms in total. The van der Waals surface area contributed by atoms with Gasteiger partial charge in [-0.25, -0.2) is 18.1 Å². The van der Waals surface area contributed by atoms with Crippen molar-refractivity contribution < 1.29 is 26.3 Å². The molecule has 120 valence electrons. The fourth-order valence-corrected chi connectivity index (χ4v) is 3.36. The molecule has 0 unspecified atom stereocenters. The van der Waals surface area contributed by atoms with Crippen LogP contribution in [0.5, 0.6) is 5.75 Å². The second-order valence-corrected chi connectivity index (χ2v) is 6.97. The van der Waals surface area contributed by atoms with Crippen LogP contribution >= 0.6 is 11.3 Å². The van der Waals surface area contributed by atoms with Gasteiger partial charge in [0.25, 0.3) is 0 Å². The van der Waals surface area contributed by atoms with Crippen molar-refractivity contribution >= 4 is 21.4 Å². The van der Waals surface area contributed by atoms with Crippen molar-refractivity contribution in [3.05, 3.63) is 40.3 Å². The third-order valence-electron chi connectivity index (χ3n) is 2.47. The number of aryl methyl sites for hydroxylation is 1. The summed E-state index contributed by atoms with van der Waals surface area (Å²) in [6, 6.07) is 4.54. The number of sulfonamides is 1. The number of para-hydroxylation sites is 1. The second kappa shape index (κ2) is 6.23. The minimum absolute atomic E-state index is 0.118. The Labute approximate surface area is 128 Å². The number of nitrogens with zero attached hydrogens (tertiary/aromatic N) is 1. The molecule has 2 rings (SSSR count). The summed E-state index contributed by atoms with van der Waals surface area (Å²) >= 11 is 1.34. The van der Waals surface area contributed by atoms with Crippen molar-refractivity contribution in [2.75, 3.05) is 0 Å². The quantitative estimate of drug-likeness (QED) is 0.898. The van der Waals surface area contributed by atoms with Crippen LogP contribution in [0.1, 0.15) is 10.7 Å². The van der Waals surface area contributed by atoms with Gasteiger partial charge < -0.3 is 4.74 Å². The van der Waals surface area contributed by atoms with Crippen LogP contribution in [-0.4, -0.2) is 19.8 Å². The van der Waals surface area contributed by atoms with E-state index < -0.39 is 27.0 Å². The van der Waals surface area contributed by atoms with Gasteiger partial charge in [0.2, 0.25) is 10.0 Å². The van der Waals surface area contributed by atoms with E-state index in [9.17, 15) is 21.6 Å². The number of aromatic nitrogens is 1. The first kappa shape index (κ1) is 16.7. The van der Waals surface area contributed by atoms with Crippen LogP contribution in [0.3, 0.4) is 0 Å². The summed E-state index contributed by atoms with van der Waals surface area (Å²) in [5.41, 5.74) is 0.486. The Kier molecular flexibility index (Phi) is 4.73. The number of rotatable bonds is 5. The molecule has 0 fully saturated rings. The maximum atomic E-state index is 12.3. The minimum atomic E-state index is -4.97. The Balaban J connectivity index is 2.22. The smallest absolute Gasteiger partial charge is 0.404 e. The molecule has 0 radical (unpaired) electrons. The van der Waals surface area contributed by atoms with Crippen molar-refractivity contribution in [3.63, 3.8) is 0 Å². The van der Waals surface area contributed by atoms with Gasteiger partial charge in [-0.1, -0.05) is 12.1 Å². The molecule has 0 atom stereocenters. The third-order valence-corrected chi connectivity index (χ3v) is 4.74. The van der Waals surface area contributed by atoms with Gasteiger partial charge in [-0.05, 0) is 19.1 Å². The fourth-order valence-electron chi connectivity index (χ4n) is 1.62. The molecule has 1 aromatic heterocycles.